The van der Waals surface area contributed by atoms with E-state index in [1.807, 2.05) is 49.5 Å². The van der Waals surface area contributed by atoms with Gasteiger partial charge < -0.3 is 15.4 Å². The van der Waals surface area contributed by atoms with Gasteiger partial charge in [-0.2, -0.15) is 0 Å². The maximum atomic E-state index is 5.99. The van der Waals surface area contributed by atoms with Gasteiger partial charge in [-0.1, -0.05) is 30.3 Å². The Bertz CT molecular complexity index is 623. The second-order valence-corrected chi connectivity index (χ2v) is 4.70. The zero-order chi connectivity index (χ0) is 15.1. The molecule has 0 amide bonds. The molecule has 0 saturated carbocycles. The fourth-order valence-corrected chi connectivity index (χ4v) is 2.01. The van der Waals surface area contributed by atoms with E-state index in [2.05, 4.69) is 28.6 Å². The van der Waals surface area contributed by atoms with Crippen molar-refractivity contribution >= 4 is 5.96 Å². The molecule has 0 bridgehead atoms. The van der Waals surface area contributed by atoms with E-state index < -0.39 is 0 Å². The first kappa shape index (κ1) is 14.9. The van der Waals surface area contributed by atoms with Gasteiger partial charge in [0.1, 0.15) is 11.5 Å². The van der Waals surface area contributed by atoms with Gasteiger partial charge in [-0.15, -0.1) is 0 Å². The number of aryl methyl sites for hydroxylation is 1. The van der Waals surface area contributed by atoms with Crippen LogP contribution in [0.2, 0.25) is 0 Å². The first-order valence-electron chi connectivity index (χ1n) is 6.93. The average Bonchev–Trinajstić information content (AvgIpc) is 2.50. The highest BCUT2D eigenvalue weighted by molar-refractivity contribution is 5.79. The Morgan fingerprint density at radius 3 is 2.67 bits per heavy atom. The van der Waals surface area contributed by atoms with E-state index in [9.17, 15) is 0 Å². The molecule has 0 aliphatic heterocycles. The molecule has 0 unspecified atom stereocenters. The SMILES string of the molecule is CN=C(NC)NCc1ccccc1Oc1cccc(C)c1. The fourth-order valence-electron chi connectivity index (χ4n) is 2.01. The number of hydrogen-bond donors (Lipinski definition) is 2. The van der Waals surface area contributed by atoms with E-state index in [1.54, 1.807) is 7.05 Å². The van der Waals surface area contributed by atoms with Gasteiger partial charge in [0.15, 0.2) is 5.96 Å². The summed E-state index contributed by atoms with van der Waals surface area (Å²) in [6, 6.07) is 16.0. The van der Waals surface area contributed by atoms with Crippen LogP contribution in [0.15, 0.2) is 53.5 Å². The number of nitrogens with one attached hydrogen (secondary N) is 2. The summed E-state index contributed by atoms with van der Waals surface area (Å²) in [4.78, 5) is 4.10. The highest BCUT2D eigenvalue weighted by Gasteiger charge is 2.05. The number of ether oxygens (including phenoxy) is 1. The Kier molecular flexibility index (Phi) is 5.21. The van der Waals surface area contributed by atoms with Gasteiger partial charge >= 0.3 is 0 Å². The zero-order valence-corrected chi connectivity index (χ0v) is 12.7. The molecule has 21 heavy (non-hydrogen) atoms. The molecule has 2 rings (SSSR count). The monoisotopic (exact) mass is 283 g/mol. The van der Waals surface area contributed by atoms with Crippen LogP contribution in [0.1, 0.15) is 11.1 Å². The molecule has 0 atom stereocenters. The number of benzene rings is 2. The number of guanidine groups is 1. The van der Waals surface area contributed by atoms with Crippen molar-refractivity contribution in [2.75, 3.05) is 14.1 Å². The summed E-state index contributed by atoms with van der Waals surface area (Å²) >= 11 is 0. The van der Waals surface area contributed by atoms with E-state index in [-0.39, 0.29) is 0 Å². The summed E-state index contributed by atoms with van der Waals surface area (Å²) in [6.07, 6.45) is 0. The summed E-state index contributed by atoms with van der Waals surface area (Å²) in [5.41, 5.74) is 2.26. The highest BCUT2D eigenvalue weighted by Crippen LogP contribution is 2.25. The molecule has 0 aliphatic carbocycles. The maximum Gasteiger partial charge on any atom is 0.190 e. The number of aliphatic imine (C=N–C) groups is 1. The zero-order valence-electron chi connectivity index (χ0n) is 12.7. The van der Waals surface area contributed by atoms with Crippen molar-refractivity contribution in [3.05, 3.63) is 59.7 Å². The minimum Gasteiger partial charge on any atom is -0.457 e. The molecule has 2 N–H and O–H groups in total. The van der Waals surface area contributed by atoms with Crippen LogP contribution in [-0.2, 0) is 6.54 Å². The van der Waals surface area contributed by atoms with Gasteiger partial charge in [0.05, 0.1) is 0 Å². The molecule has 0 fully saturated rings. The summed E-state index contributed by atoms with van der Waals surface area (Å²) in [5.74, 6) is 2.45. The molecule has 0 heterocycles. The Labute approximate surface area is 125 Å². The molecule has 0 aliphatic rings. The normalized spacial score (nSPS) is 11.1. The lowest BCUT2D eigenvalue weighted by Crippen LogP contribution is -2.34. The lowest BCUT2D eigenvalue weighted by Gasteiger charge is -2.13. The van der Waals surface area contributed by atoms with E-state index in [4.69, 9.17) is 4.74 Å². The third-order valence-corrected chi connectivity index (χ3v) is 3.10. The van der Waals surface area contributed by atoms with Crippen LogP contribution in [0.4, 0.5) is 0 Å². The molecule has 110 valence electrons. The molecular weight excluding hydrogens is 262 g/mol. The van der Waals surface area contributed by atoms with E-state index in [0.717, 1.165) is 23.0 Å². The third-order valence-electron chi connectivity index (χ3n) is 3.10. The largest absolute Gasteiger partial charge is 0.457 e. The highest BCUT2D eigenvalue weighted by atomic mass is 16.5. The number of hydrogen-bond acceptors (Lipinski definition) is 2. The van der Waals surface area contributed by atoms with Gasteiger partial charge in [-0.3, -0.25) is 4.99 Å². The van der Waals surface area contributed by atoms with Crippen LogP contribution < -0.4 is 15.4 Å². The molecule has 0 saturated heterocycles. The molecular formula is C17H21N3O. The Hall–Kier alpha value is -2.49. The standard InChI is InChI=1S/C17H21N3O/c1-13-7-6-9-15(11-13)21-16-10-5-4-8-14(16)12-20-17(18-2)19-3/h4-11H,12H2,1-3H3,(H2,18,19,20). The van der Waals surface area contributed by atoms with Gasteiger partial charge in [-0.25, -0.2) is 0 Å². The van der Waals surface area contributed by atoms with Gasteiger partial charge in [0, 0.05) is 26.2 Å². The molecule has 0 radical (unpaired) electrons. The smallest absolute Gasteiger partial charge is 0.190 e. The van der Waals surface area contributed by atoms with Gasteiger partial charge in [0.2, 0.25) is 0 Å². The van der Waals surface area contributed by atoms with Crippen LogP contribution in [0, 0.1) is 6.92 Å². The van der Waals surface area contributed by atoms with Crippen molar-refractivity contribution < 1.29 is 4.74 Å². The number of rotatable bonds is 4. The summed E-state index contributed by atoms with van der Waals surface area (Å²) in [5, 5.41) is 6.23. The van der Waals surface area contributed by atoms with Crippen molar-refractivity contribution in [1.29, 1.82) is 0 Å². The van der Waals surface area contributed by atoms with E-state index >= 15 is 0 Å². The van der Waals surface area contributed by atoms with Crippen LogP contribution in [0.25, 0.3) is 0 Å². The molecule has 0 spiro atoms. The Balaban J connectivity index is 2.13. The molecule has 4 heteroatoms. The lowest BCUT2D eigenvalue weighted by molar-refractivity contribution is 0.475. The van der Waals surface area contributed by atoms with Crippen LogP contribution in [0.3, 0.4) is 0 Å². The average molecular weight is 283 g/mol. The first-order chi connectivity index (χ1) is 10.2. The second kappa shape index (κ2) is 7.33. The Morgan fingerprint density at radius 2 is 1.95 bits per heavy atom. The predicted octanol–water partition coefficient (Wildman–Crippen LogP) is 3.08. The van der Waals surface area contributed by atoms with Crippen molar-refractivity contribution in [3.8, 4) is 11.5 Å². The van der Waals surface area contributed by atoms with Crippen LogP contribution in [-0.4, -0.2) is 20.1 Å². The summed E-state index contributed by atoms with van der Waals surface area (Å²) in [6.45, 7) is 2.70. The summed E-state index contributed by atoms with van der Waals surface area (Å²) in [7, 11) is 3.58. The van der Waals surface area contributed by atoms with Crippen molar-refractivity contribution in [2.45, 2.75) is 13.5 Å². The fraction of sp³-hybridized carbons (Fsp3) is 0.235. The van der Waals surface area contributed by atoms with Gasteiger partial charge in [-0.05, 0) is 30.7 Å². The van der Waals surface area contributed by atoms with Crippen molar-refractivity contribution in [3.63, 3.8) is 0 Å². The number of para-hydroxylation sites is 1. The second-order valence-electron chi connectivity index (χ2n) is 4.70. The Morgan fingerprint density at radius 1 is 1.14 bits per heavy atom. The van der Waals surface area contributed by atoms with E-state index in [0.29, 0.717) is 6.54 Å². The van der Waals surface area contributed by atoms with E-state index in [1.165, 1.54) is 5.56 Å². The first-order valence-corrected chi connectivity index (χ1v) is 6.93. The van der Waals surface area contributed by atoms with Crippen molar-refractivity contribution in [1.82, 2.24) is 10.6 Å². The van der Waals surface area contributed by atoms with Gasteiger partial charge in [0.25, 0.3) is 0 Å². The minimum absolute atomic E-state index is 0.648. The predicted molar refractivity (Wildman–Crippen MR) is 87.0 cm³/mol. The molecule has 2 aromatic rings. The van der Waals surface area contributed by atoms with Crippen LogP contribution >= 0.6 is 0 Å². The lowest BCUT2D eigenvalue weighted by atomic mass is 10.2. The topological polar surface area (TPSA) is 45.7 Å². The number of nitrogens with zero attached hydrogens (tertiary/aromatic N) is 1. The maximum absolute atomic E-state index is 5.99. The summed E-state index contributed by atoms with van der Waals surface area (Å²) < 4.78 is 5.99. The molecule has 4 nitrogen and oxygen atoms in total. The van der Waals surface area contributed by atoms with Crippen LogP contribution in [0.5, 0.6) is 11.5 Å². The molecule has 2 aromatic carbocycles. The minimum atomic E-state index is 0.648. The van der Waals surface area contributed by atoms with Crippen molar-refractivity contribution in [2.24, 2.45) is 4.99 Å². The third kappa shape index (κ3) is 4.24. The quantitative estimate of drug-likeness (QED) is 0.669. The molecule has 0 aromatic heterocycles.